The Morgan fingerprint density at radius 3 is 2.62 bits per heavy atom. The standard InChI is InChI=1S/C14H28N2/c1-3-12(2)10-16(14-7-8-14)11-13-6-4-5-9-15-13/h12-15H,3-11H2,1-2H3. The monoisotopic (exact) mass is 224 g/mol. The molecule has 2 nitrogen and oxygen atoms in total. The Labute approximate surface area is 101 Å². The van der Waals surface area contributed by atoms with Gasteiger partial charge in [0.1, 0.15) is 0 Å². The summed E-state index contributed by atoms with van der Waals surface area (Å²) in [6, 6.07) is 1.70. The zero-order valence-electron chi connectivity index (χ0n) is 11.0. The van der Waals surface area contributed by atoms with Gasteiger partial charge in [0.2, 0.25) is 0 Å². The van der Waals surface area contributed by atoms with Crippen molar-refractivity contribution in [2.75, 3.05) is 19.6 Å². The third kappa shape index (κ3) is 3.74. The predicted octanol–water partition coefficient (Wildman–Crippen LogP) is 2.64. The van der Waals surface area contributed by atoms with Crippen LogP contribution in [0.3, 0.4) is 0 Å². The molecule has 0 bridgehead atoms. The molecule has 0 aromatic rings. The normalized spacial score (nSPS) is 28.3. The minimum absolute atomic E-state index is 0.776. The van der Waals surface area contributed by atoms with Gasteiger partial charge in [-0.2, -0.15) is 0 Å². The van der Waals surface area contributed by atoms with Crippen LogP contribution in [0, 0.1) is 5.92 Å². The van der Waals surface area contributed by atoms with Crippen LogP contribution >= 0.6 is 0 Å². The molecule has 2 unspecified atom stereocenters. The third-order valence-electron chi connectivity index (χ3n) is 4.17. The molecule has 1 aliphatic carbocycles. The quantitative estimate of drug-likeness (QED) is 0.746. The van der Waals surface area contributed by atoms with Crippen LogP contribution in [0.25, 0.3) is 0 Å². The number of hydrogen-bond donors (Lipinski definition) is 1. The highest BCUT2D eigenvalue weighted by Gasteiger charge is 2.31. The Bertz CT molecular complexity index is 195. The Balaban J connectivity index is 1.77. The summed E-state index contributed by atoms with van der Waals surface area (Å²) < 4.78 is 0. The van der Waals surface area contributed by atoms with E-state index in [0.717, 1.165) is 18.0 Å². The van der Waals surface area contributed by atoms with Crippen LogP contribution in [0.15, 0.2) is 0 Å². The number of nitrogens with zero attached hydrogens (tertiary/aromatic N) is 1. The maximum absolute atomic E-state index is 3.68. The molecular formula is C14H28N2. The highest BCUT2D eigenvalue weighted by atomic mass is 15.2. The summed E-state index contributed by atoms with van der Waals surface area (Å²) in [5.41, 5.74) is 0. The third-order valence-corrected chi connectivity index (χ3v) is 4.17. The lowest BCUT2D eigenvalue weighted by molar-refractivity contribution is 0.189. The van der Waals surface area contributed by atoms with Crippen LogP contribution in [0.2, 0.25) is 0 Å². The molecule has 94 valence electrons. The van der Waals surface area contributed by atoms with Crippen molar-refractivity contribution in [2.45, 2.75) is 64.5 Å². The summed E-state index contributed by atoms with van der Waals surface area (Å²) in [5.74, 6) is 0.865. The summed E-state index contributed by atoms with van der Waals surface area (Å²) in [4.78, 5) is 2.76. The largest absolute Gasteiger partial charge is 0.313 e. The molecular weight excluding hydrogens is 196 g/mol. The van der Waals surface area contributed by atoms with E-state index in [1.165, 1.54) is 58.2 Å². The van der Waals surface area contributed by atoms with Crippen LogP contribution in [0.1, 0.15) is 52.4 Å². The van der Waals surface area contributed by atoms with Crippen molar-refractivity contribution in [2.24, 2.45) is 5.92 Å². The number of rotatable bonds is 6. The van der Waals surface area contributed by atoms with E-state index in [1.54, 1.807) is 0 Å². The topological polar surface area (TPSA) is 15.3 Å². The summed E-state index contributed by atoms with van der Waals surface area (Å²) in [6.45, 7) is 8.57. The second-order valence-corrected chi connectivity index (χ2v) is 5.85. The fourth-order valence-corrected chi connectivity index (χ4v) is 2.70. The number of nitrogens with one attached hydrogen (secondary N) is 1. The van der Waals surface area contributed by atoms with Crippen molar-refractivity contribution in [3.63, 3.8) is 0 Å². The molecule has 2 heteroatoms. The second-order valence-electron chi connectivity index (χ2n) is 5.85. The van der Waals surface area contributed by atoms with E-state index >= 15 is 0 Å². The summed E-state index contributed by atoms with van der Waals surface area (Å²) >= 11 is 0. The summed E-state index contributed by atoms with van der Waals surface area (Å²) in [6.07, 6.45) is 8.42. The molecule has 0 aromatic heterocycles. The lowest BCUT2D eigenvalue weighted by atomic mass is 10.0. The molecule has 0 amide bonds. The lowest BCUT2D eigenvalue weighted by Crippen LogP contribution is -2.45. The van der Waals surface area contributed by atoms with E-state index < -0.39 is 0 Å². The first-order chi connectivity index (χ1) is 7.79. The average Bonchev–Trinajstić information content (AvgIpc) is 3.13. The highest BCUT2D eigenvalue weighted by Crippen LogP contribution is 2.28. The zero-order chi connectivity index (χ0) is 11.4. The predicted molar refractivity (Wildman–Crippen MR) is 69.7 cm³/mol. The fourth-order valence-electron chi connectivity index (χ4n) is 2.70. The molecule has 0 aromatic carbocycles. The van der Waals surface area contributed by atoms with Gasteiger partial charge in [0.05, 0.1) is 0 Å². The first-order valence-electron chi connectivity index (χ1n) is 7.27. The van der Waals surface area contributed by atoms with Crippen LogP contribution in [-0.2, 0) is 0 Å². The fraction of sp³-hybridized carbons (Fsp3) is 1.00. The minimum Gasteiger partial charge on any atom is -0.313 e. The van der Waals surface area contributed by atoms with Crippen LogP contribution < -0.4 is 5.32 Å². The van der Waals surface area contributed by atoms with Crippen molar-refractivity contribution in [1.82, 2.24) is 10.2 Å². The average molecular weight is 224 g/mol. The minimum atomic E-state index is 0.776. The number of piperidine rings is 1. The van der Waals surface area contributed by atoms with Crippen molar-refractivity contribution in [3.05, 3.63) is 0 Å². The Kier molecular flexibility index (Phi) is 4.66. The molecule has 1 heterocycles. The van der Waals surface area contributed by atoms with Crippen molar-refractivity contribution < 1.29 is 0 Å². The SMILES string of the molecule is CCC(C)CN(CC1CCCCN1)C1CC1. The van der Waals surface area contributed by atoms with Crippen LogP contribution in [0.5, 0.6) is 0 Å². The van der Waals surface area contributed by atoms with Crippen molar-refractivity contribution >= 4 is 0 Å². The van der Waals surface area contributed by atoms with Crippen LogP contribution in [0.4, 0.5) is 0 Å². The number of hydrogen-bond acceptors (Lipinski definition) is 2. The van der Waals surface area contributed by atoms with E-state index in [-0.39, 0.29) is 0 Å². The van der Waals surface area contributed by atoms with Gasteiger partial charge in [-0.1, -0.05) is 26.7 Å². The highest BCUT2D eigenvalue weighted by molar-refractivity contribution is 4.88. The molecule has 1 saturated carbocycles. The maximum Gasteiger partial charge on any atom is 0.0195 e. The Morgan fingerprint density at radius 2 is 2.06 bits per heavy atom. The smallest absolute Gasteiger partial charge is 0.0195 e. The molecule has 1 N–H and O–H groups in total. The molecule has 16 heavy (non-hydrogen) atoms. The zero-order valence-corrected chi connectivity index (χ0v) is 11.0. The van der Waals surface area contributed by atoms with Gasteiger partial charge in [-0.15, -0.1) is 0 Å². The second kappa shape index (κ2) is 6.02. The Morgan fingerprint density at radius 1 is 1.25 bits per heavy atom. The first-order valence-corrected chi connectivity index (χ1v) is 7.27. The molecule has 2 atom stereocenters. The molecule has 1 aliphatic heterocycles. The van der Waals surface area contributed by atoms with Gasteiger partial charge < -0.3 is 5.32 Å². The van der Waals surface area contributed by atoms with Gasteiger partial charge in [0.15, 0.2) is 0 Å². The van der Waals surface area contributed by atoms with Crippen LogP contribution in [-0.4, -0.2) is 36.6 Å². The van der Waals surface area contributed by atoms with Crippen molar-refractivity contribution in [1.29, 1.82) is 0 Å². The molecule has 2 fully saturated rings. The Hall–Kier alpha value is -0.0800. The molecule has 0 radical (unpaired) electrons. The van der Waals surface area contributed by atoms with Gasteiger partial charge in [0.25, 0.3) is 0 Å². The van der Waals surface area contributed by atoms with Gasteiger partial charge in [0, 0.05) is 25.2 Å². The van der Waals surface area contributed by atoms with E-state index in [4.69, 9.17) is 0 Å². The lowest BCUT2D eigenvalue weighted by Gasteiger charge is -2.32. The van der Waals surface area contributed by atoms with Gasteiger partial charge in [-0.25, -0.2) is 0 Å². The molecule has 2 aliphatic rings. The van der Waals surface area contributed by atoms with E-state index in [2.05, 4.69) is 24.1 Å². The van der Waals surface area contributed by atoms with Gasteiger partial charge >= 0.3 is 0 Å². The molecule has 2 rings (SSSR count). The first kappa shape index (κ1) is 12.4. The van der Waals surface area contributed by atoms with E-state index in [0.29, 0.717) is 0 Å². The summed E-state index contributed by atoms with van der Waals surface area (Å²) in [7, 11) is 0. The molecule has 1 saturated heterocycles. The van der Waals surface area contributed by atoms with E-state index in [1.807, 2.05) is 0 Å². The van der Waals surface area contributed by atoms with E-state index in [9.17, 15) is 0 Å². The van der Waals surface area contributed by atoms with Gasteiger partial charge in [-0.05, 0) is 38.1 Å². The van der Waals surface area contributed by atoms with Crippen molar-refractivity contribution in [3.8, 4) is 0 Å². The molecule has 0 spiro atoms. The maximum atomic E-state index is 3.68. The van der Waals surface area contributed by atoms with Gasteiger partial charge in [-0.3, -0.25) is 4.90 Å². The summed E-state index contributed by atoms with van der Waals surface area (Å²) in [5, 5.41) is 3.68.